The lowest BCUT2D eigenvalue weighted by Crippen LogP contribution is -2.28. The molecule has 0 heterocycles. The van der Waals surface area contributed by atoms with Crippen LogP contribution in [0, 0.1) is 5.82 Å². The highest BCUT2D eigenvalue weighted by atomic mass is 19.1. The Bertz CT molecular complexity index is 599. The first-order valence-electron chi connectivity index (χ1n) is 6.46. The van der Waals surface area contributed by atoms with Crippen molar-refractivity contribution in [3.63, 3.8) is 0 Å². The summed E-state index contributed by atoms with van der Waals surface area (Å²) in [5.41, 5.74) is 0.884. The molecule has 0 unspecified atom stereocenters. The Morgan fingerprint density at radius 1 is 1.14 bits per heavy atom. The van der Waals surface area contributed by atoms with Gasteiger partial charge in [-0.2, -0.15) is 0 Å². The van der Waals surface area contributed by atoms with Crippen LogP contribution in [-0.4, -0.2) is 19.6 Å². The highest BCUT2D eigenvalue weighted by molar-refractivity contribution is 5.77. The molecule has 0 aromatic heterocycles. The van der Waals surface area contributed by atoms with Gasteiger partial charge >= 0.3 is 0 Å². The van der Waals surface area contributed by atoms with Gasteiger partial charge in [0.25, 0.3) is 5.91 Å². The lowest BCUT2D eigenvalue weighted by Gasteiger charge is -2.10. The normalized spacial score (nSPS) is 10.0. The van der Waals surface area contributed by atoms with E-state index in [4.69, 9.17) is 9.47 Å². The zero-order valence-electron chi connectivity index (χ0n) is 11.6. The van der Waals surface area contributed by atoms with Gasteiger partial charge in [-0.25, -0.2) is 4.39 Å². The van der Waals surface area contributed by atoms with Crippen LogP contribution in [0.2, 0.25) is 0 Å². The van der Waals surface area contributed by atoms with E-state index < -0.39 is 0 Å². The number of ether oxygens (including phenoxy) is 2. The van der Waals surface area contributed by atoms with Crippen LogP contribution in [0.15, 0.2) is 48.5 Å². The summed E-state index contributed by atoms with van der Waals surface area (Å²) in [7, 11) is 1.58. The molecular formula is C16H16FNO3. The zero-order chi connectivity index (χ0) is 15.1. The molecule has 0 radical (unpaired) electrons. The lowest BCUT2D eigenvalue weighted by atomic mass is 10.2. The van der Waals surface area contributed by atoms with E-state index in [1.54, 1.807) is 7.11 Å². The SMILES string of the molecule is COc1ccccc1CNC(=O)COc1ccc(F)cc1. The third kappa shape index (κ3) is 4.49. The summed E-state index contributed by atoms with van der Waals surface area (Å²) in [4.78, 5) is 11.7. The minimum atomic E-state index is -0.344. The number of amides is 1. The van der Waals surface area contributed by atoms with Crippen LogP contribution in [0.1, 0.15) is 5.56 Å². The molecule has 0 bridgehead atoms. The molecule has 0 aliphatic heterocycles. The van der Waals surface area contributed by atoms with Crippen molar-refractivity contribution in [3.05, 3.63) is 59.9 Å². The molecule has 1 N–H and O–H groups in total. The first-order chi connectivity index (χ1) is 10.2. The average Bonchev–Trinajstić information content (AvgIpc) is 2.52. The van der Waals surface area contributed by atoms with Crippen LogP contribution in [0.5, 0.6) is 11.5 Å². The summed E-state index contributed by atoms with van der Waals surface area (Å²) in [5.74, 6) is 0.564. The van der Waals surface area contributed by atoms with Gasteiger partial charge in [0.15, 0.2) is 6.61 Å². The Kier molecular flexibility index (Phi) is 5.15. The topological polar surface area (TPSA) is 47.6 Å². The van der Waals surface area contributed by atoms with Crippen LogP contribution in [0.25, 0.3) is 0 Å². The van der Waals surface area contributed by atoms with Crippen molar-refractivity contribution >= 4 is 5.91 Å². The van der Waals surface area contributed by atoms with E-state index in [1.807, 2.05) is 24.3 Å². The molecule has 0 saturated heterocycles. The number of methoxy groups -OCH3 is 1. The summed E-state index contributed by atoms with van der Waals surface area (Å²) in [5, 5.41) is 2.74. The van der Waals surface area contributed by atoms with E-state index in [-0.39, 0.29) is 18.3 Å². The maximum absolute atomic E-state index is 12.7. The molecule has 5 heteroatoms. The van der Waals surface area contributed by atoms with Gasteiger partial charge in [-0.1, -0.05) is 18.2 Å². The van der Waals surface area contributed by atoms with Crippen LogP contribution in [0.4, 0.5) is 4.39 Å². The van der Waals surface area contributed by atoms with Gasteiger partial charge < -0.3 is 14.8 Å². The monoisotopic (exact) mass is 289 g/mol. The number of rotatable bonds is 6. The zero-order valence-corrected chi connectivity index (χ0v) is 11.6. The molecular weight excluding hydrogens is 273 g/mol. The van der Waals surface area contributed by atoms with Crippen molar-refractivity contribution in [2.75, 3.05) is 13.7 Å². The summed E-state index contributed by atoms with van der Waals surface area (Å²) in [6.45, 7) is 0.233. The van der Waals surface area contributed by atoms with Crippen molar-refractivity contribution in [1.82, 2.24) is 5.32 Å². The number of carbonyl (C=O) groups excluding carboxylic acids is 1. The van der Waals surface area contributed by atoms with Crippen molar-refractivity contribution in [1.29, 1.82) is 0 Å². The molecule has 4 nitrogen and oxygen atoms in total. The van der Waals surface area contributed by atoms with Gasteiger partial charge in [0, 0.05) is 12.1 Å². The predicted octanol–water partition coefficient (Wildman–Crippen LogP) is 2.53. The van der Waals surface area contributed by atoms with E-state index in [0.717, 1.165) is 11.3 Å². The van der Waals surface area contributed by atoms with Crippen LogP contribution < -0.4 is 14.8 Å². The Morgan fingerprint density at radius 3 is 2.57 bits per heavy atom. The number of benzene rings is 2. The number of para-hydroxylation sites is 1. The summed E-state index contributed by atoms with van der Waals surface area (Å²) >= 11 is 0. The van der Waals surface area contributed by atoms with E-state index in [9.17, 15) is 9.18 Å². The molecule has 0 aliphatic carbocycles. The molecule has 110 valence electrons. The third-order valence-electron chi connectivity index (χ3n) is 2.85. The average molecular weight is 289 g/mol. The van der Waals surface area contributed by atoms with E-state index >= 15 is 0 Å². The van der Waals surface area contributed by atoms with Crippen molar-refractivity contribution in [2.24, 2.45) is 0 Å². The summed E-state index contributed by atoms with van der Waals surface area (Å²) < 4.78 is 23.2. The summed E-state index contributed by atoms with van der Waals surface area (Å²) in [6.07, 6.45) is 0. The minimum Gasteiger partial charge on any atom is -0.496 e. The molecule has 0 atom stereocenters. The van der Waals surface area contributed by atoms with Crippen LogP contribution >= 0.6 is 0 Å². The first-order valence-corrected chi connectivity index (χ1v) is 6.46. The highest BCUT2D eigenvalue weighted by Gasteiger charge is 2.06. The van der Waals surface area contributed by atoms with Gasteiger partial charge in [0.1, 0.15) is 17.3 Å². The second kappa shape index (κ2) is 7.28. The maximum Gasteiger partial charge on any atom is 0.258 e. The largest absolute Gasteiger partial charge is 0.496 e. The van der Waals surface area contributed by atoms with Gasteiger partial charge in [0.2, 0.25) is 0 Å². The quantitative estimate of drug-likeness (QED) is 0.889. The Labute approximate surface area is 122 Å². The Morgan fingerprint density at radius 2 is 1.86 bits per heavy atom. The van der Waals surface area contributed by atoms with Crippen LogP contribution in [-0.2, 0) is 11.3 Å². The smallest absolute Gasteiger partial charge is 0.258 e. The first kappa shape index (κ1) is 14.8. The number of carbonyl (C=O) groups is 1. The Hall–Kier alpha value is -2.56. The maximum atomic E-state index is 12.7. The number of halogens is 1. The minimum absolute atomic E-state index is 0.124. The predicted molar refractivity (Wildman–Crippen MR) is 76.7 cm³/mol. The van der Waals surface area contributed by atoms with E-state index in [1.165, 1.54) is 24.3 Å². The fraction of sp³-hybridized carbons (Fsp3) is 0.188. The fourth-order valence-electron chi connectivity index (χ4n) is 1.77. The molecule has 0 spiro atoms. The molecule has 0 fully saturated rings. The lowest BCUT2D eigenvalue weighted by molar-refractivity contribution is -0.123. The number of hydrogen-bond acceptors (Lipinski definition) is 3. The molecule has 0 saturated carbocycles. The van der Waals surface area contributed by atoms with Crippen LogP contribution in [0.3, 0.4) is 0 Å². The second-order valence-corrected chi connectivity index (χ2v) is 4.33. The fourth-order valence-corrected chi connectivity index (χ4v) is 1.77. The molecule has 2 aromatic rings. The van der Waals surface area contributed by atoms with Crippen molar-refractivity contribution < 1.29 is 18.7 Å². The Balaban J connectivity index is 1.81. The second-order valence-electron chi connectivity index (χ2n) is 4.33. The number of nitrogens with one attached hydrogen (secondary N) is 1. The van der Waals surface area contributed by atoms with Gasteiger partial charge in [-0.05, 0) is 30.3 Å². The summed E-state index contributed by atoms with van der Waals surface area (Å²) in [6, 6.07) is 13.0. The molecule has 0 aliphatic rings. The van der Waals surface area contributed by atoms with Gasteiger partial charge in [-0.15, -0.1) is 0 Å². The third-order valence-corrected chi connectivity index (χ3v) is 2.85. The number of hydrogen-bond donors (Lipinski definition) is 1. The van der Waals surface area contributed by atoms with Crippen molar-refractivity contribution in [3.8, 4) is 11.5 Å². The highest BCUT2D eigenvalue weighted by Crippen LogP contribution is 2.16. The standard InChI is InChI=1S/C16H16FNO3/c1-20-15-5-3-2-4-12(15)10-18-16(19)11-21-14-8-6-13(17)7-9-14/h2-9H,10-11H2,1H3,(H,18,19). The van der Waals surface area contributed by atoms with E-state index in [0.29, 0.717) is 12.3 Å². The molecule has 1 amide bonds. The van der Waals surface area contributed by atoms with E-state index in [2.05, 4.69) is 5.32 Å². The molecule has 21 heavy (non-hydrogen) atoms. The van der Waals surface area contributed by atoms with Crippen molar-refractivity contribution in [2.45, 2.75) is 6.54 Å². The molecule has 2 aromatic carbocycles. The van der Waals surface area contributed by atoms with Gasteiger partial charge in [0.05, 0.1) is 7.11 Å². The van der Waals surface area contributed by atoms with Gasteiger partial charge in [-0.3, -0.25) is 4.79 Å². The molecule has 2 rings (SSSR count).